The molecule has 0 amide bonds. The van der Waals surface area contributed by atoms with E-state index in [0.717, 1.165) is 25.2 Å². The summed E-state index contributed by atoms with van der Waals surface area (Å²) in [6.45, 7) is 7.64. The van der Waals surface area contributed by atoms with Crippen molar-refractivity contribution in [2.45, 2.75) is 45.6 Å². The number of nitrogens with one attached hydrogen (secondary N) is 1. The van der Waals surface area contributed by atoms with Gasteiger partial charge < -0.3 is 5.32 Å². The van der Waals surface area contributed by atoms with Gasteiger partial charge in [-0.05, 0) is 30.0 Å². The highest BCUT2D eigenvalue weighted by Crippen LogP contribution is 2.21. The number of nitrogens with zero attached hydrogens (tertiary/aromatic N) is 3. The highest BCUT2D eigenvalue weighted by atomic mass is 15.3. The second-order valence-corrected chi connectivity index (χ2v) is 5.83. The summed E-state index contributed by atoms with van der Waals surface area (Å²) >= 11 is 0. The Balaban J connectivity index is 2.16. The lowest BCUT2D eigenvalue weighted by Crippen LogP contribution is -2.25. The fraction of sp³-hybridized carbons (Fsp3) is 0.529. The van der Waals surface area contributed by atoms with Crippen LogP contribution in [0.15, 0.2) is 30.6 Å². The van der Waals surface area contributed by atoms with Crippen LogP contribution >= 0.6 is 0 Å². The number of hydrogen-bond acceptors (Lipinski definition) is 3. The normalized spacial score (nSPS) is 12.8. The Hall–Kier alpha value is -1.68. The lowest BCUT2D eigenvalue weighted by atomic mass is 9.97. The fourth-order valence-electron chi connectivity index (χ4n) is 2.43. The molecular weight excluding hydrogens is 260 g/mol. The molecule has 0 saturated carbocycles. The van der Waals surface area contributed by atoms with Crippen molar-refractivity contribution in [2.75, 3.05) is 6.54 Å². The molecule has 2 rings (SSSR count). The van der Waals surface area contributed by atoms with Gasteiger partial charge in [-0.25, -0.2) is 4.98 Å². The zero-order valence-corrected chi connectivity index (χ0v) is 13.5. The zero-order valence-electron chi connectivity index (χ0n) is 13.5. The molecule has 2 aromatic rings. The number of rotatable bonds is 7. The predicted molar refractivity (Wildman–Crippen MR) is 86.3 cm³/mol. The van der Waals surface area contributed by atoms with Gasteiger partial charge in [0.05, 0.1) is 0 Å². The highest BCUT2D eigenvalue weighted by molar-refractivity contribution is 5.27. The van der Waals surface area contributed by atoms with Crippen LogP contribution in [0.2, 0.25) is 0 Å². The number of hydrogen-bond donors (Lipinski definition) is 1. The number of benzene rings is 1. The van der Waals surface area contributed by atoms with Crippen LogP contribution in [0.3, 0.4) is 0 Å². The van der Waals surface area contributed by atoms with Gasteiger partial charge >= 0.3 is 0 Å². The minimum atomic E-state index is 0.286. The van der Waals surface area contributed by atoms with Crippen molar-refractivity contribution in [1.82, 2.24) is 20.1 Å². The zero-order chi connectivity index (χ0) is 15.2. The SMILES string of the molecule is CCCNC(Cc1ncnn1C)c1ccc(C(C)C)cc1. The predicted octanol–water partition coefficient (Wildman–Crippen LogP) is 3.22. The van der Waals surface area contributed by atoms with Gasteiger partial charge in [0.25, 0.3) is 0 Å². The third-order valence-corrected chi connectivity index (χ3v) is 3.84. The van der Waals surface area contributed by atoms with Crippen molar-refractivity contribution in [2.24, 2.45) is 7.05 Å². The molecule has 0 radical (unpaired) electrons. The van der Waals surface area contributed by atoms with Crippen LogP contribution in [0.5, 0.6) is 0 Å². The fourth-order valence-corrected chi connectivity index (χ4v) is 2.43. The summed E-state index contributed by atoms with van der Waals surface area (Å²) < 4.78 is 1.85. The molecule has 4 heteroatoms. The van der Waals surface area contributed by atoms with E-state index >= 15 is 0 Å². The maximum atomic E-state index is 4.35. The first kappa shape index (κ1) is 15.7. The van der Waals surface area contributed by atoms with Gasteiger partial charge in [-0.2, -0.15) is 5.10 Å². The van der Waals surface area contributed by atoms with Crippen molar-refractivity contribution >= 4 is 0 Å². The molecule has 0 bridgehead atoms. The summed E-state index contributed by atoms with van der Waals surface area (Å²) in [6, 6.07) is 9.22. The third kappa shape index (κ3) is 4.14. The monoisotopic (exact) mass is 286 g/mol. The summed E-state index contributed by atoms with van der Waals surface area (Å²) in [5, 5.41) is 7.78. The maximum Gasteiger partial charge on any atom is 0.138 e. The van der Waals surface area contributed by atoms with Gasteiger partial charge in [0.2, 0.25) is 0 Å². The molecule has 0 aliphatic rings. The molecule has 0 aliphatic carbocycles. The molecule has 0 spiro atoms. The molecular formula is C17H26N4. The van der Waals surface area contributed by atoms with Crippen molar-refractivity contribution < 1.29 is 0 Å². The average molecular weight is 286 g/mol. The Bertz CT molecular complexity index is 542. The minimum absolute atomic E-state index is 0.286. The van der Waals surface area contributed by atoms with Crippen molar-refractivity contribution in [3.8, 4) is 0 Å². The molecule has 21 heavy (non-hydrogen) atoms. The van der Waals surface area contributed by atoms with E-state index in [1.165, 1.54) is 11.1 Å². The molecule has 1 atom stereocenters. The molecule has 1 aromatic heterocycles. The van der Waals surface area contributed by atoms with E-state index < -0.39 is 0 Å². The molecule has 1 aromatic carbocycles. The van der Waals surface area contributed by atoms with Crippen molar-refractivity contribution in [3.63, 3.8) is 0 Å². The summed E-state index contributed by atoms with van der Waals surface area (Å²) in [5.74, 6) is 1.58. The largest absolute Gasteiger partial charge is 0.310 e. The summed E-state index contributed by atoms with van der Waals surface area (Å²) in [5.41, 5.74) is 2.70. The smallest absolute Gasteiger partial charge is 0.138 e. The molecule has 1 unspecified atom stereocenters. The molecule has 0 fully saturated rings. The molecule has 0 saturated heterocycles. The topological polar surface area (TPSA) is 42.7 Å². The van der Waals surface area contributed by atoms with E-state index in [-0.39, 0.29) is 6.04 Å². The number of aryl methyl sites for hydroxylation is 1. The van der Waals surface area contributed by atoms with Crippen LogP contribution < -0.4 is 5.32 Å². The quantitative estimate of drug-likeness (QED) is 0.850. The Labute approximate surface area is 127 Å². The summed E-state index contributed by atoms with van der Waals surface area (Å²) in [7, 11) is 1.95. The van der Waals surface area contributed by atoms with Gasteiger partial charge in [0, 0.05) is 19.5 Å². The van der Waals surface area contributed by atoms with Crippen LogP contribution in [0.1, 0.15) is 56.1 Å². The second kappa shape index (κ2) is 7.36. The van der Waals surface area contributed by atoms with E-state index in [2.05, 4.69) is 60.4 Å². The molecule has 114 valence electrons. The lowest BCUT2D eigenvalue weighted by molar-refractivity contribution is 0.506. The standard InChI is InChI=1S/C17H26N4/c1-5-10-18-16(11-17-19-12-20-21(17)4)15-8-6-14(7-9-15)13(2)3/h6-9,12-13,16,18H,5,10-11H2,1-4H3. The van der Waals surface area contributed by atoms with E-state index in [9.17, 15) is 0 Å². The van der Waals surface area contributed by atoms with Gasteiger partial charge in [0.15, 0.2) is 0 Å². The first-order valence-corrected chi connectivity index (χ1v) is 7.78. The van der Waals surface area contributed by atoms with Gasteiger partial charge in [0.1, 0.15) is 12.2 Å². The summed E-state index contributed by atoms with van der Waals surface area (Å²) in [4.78, 5) is 4.35. The Morgan fingerprint density at radius 3 is 2.33 bits per heavy atom. The van der Waals surface area contributed by atoms with Crippen molar-refractivity contribution in [3.05, 3.63) is 47.5 Å². The highest BCUT2D eigenvalue weighted by Gasteiger charge is 2.14. The minimum Gasteiger partial charge on any atom is -0.310 e. The first-order valence-electron chi connectivity index (χ1n) is 7.78. The van der Waals surface area contributed by atoms with Crippen molar-refractivity contribution in [1.29, 1.82) is 0 Å². The Morgan fingerprint density at radius 1 is 1.14 bits per heavy atom. The molecule has 4 nitrogen and oxygen atoms in total. The maximum absolute atomic E-state index is 4.35. The first-order chi connectivity index (χ1) is 10.1. The van der Waals surface area contributed by atoms with Gasteiger partial charge in [-0.1, -0.05) is 45.0 Å². The van der Waals surface area contributed by atoms with Crippen LogP contribution in [0, 0.1) is 0 Å². The Morgan fingerprint density at radius 2 is 1.81 bits per heavy atom. The lowest BCUT2D eigenvalue weighted by Gasteiger charge is -2.19. The summed E-state index contributed by atoms with van der Waals surface area (Å²) in [6.07, 6.45) is 3.60. The average Bonchev–Trinajstić information content (AvgIpc) is 2.88. The third-order valence-electron chi connectivity index (χ3n) is 3.84. The number of aromatic nitrogens is 3. The van der Waals surface area contributed by atoms with E-state index in [0.29, 0.717) is 5.92 Å². The van der Waals surface area contributed by atoms with Gasteiger partial charge in [-0.15, -0.1) is 0 Å². The van der Waals surface area contributed by atoms with Crippen LogP contribution in [-0.4, -0.2) is 21.3 Å². The molecule has 1 heterocycles. The van der Waals surface area contributed by atoms with E-state index in [4.69, 9.17) is 0 Å². The second-order valence-electron chi connectivity index (χ2n) is 5.83. The Kier molecular flexibility index (Phi) is 5.51. The molecule has 0 aliphatic heterocycles. The van der Waals surface area contributed by atoms with Crippen LogP contribution in [-0.2, 0) is 13.5 Å². The van der Waals surface area contributed by atoms with Gasteiger partial charge in [-0.3, -0.25) is 4.68 Å². The van der Waals surface area contributed by atoms with Crippen LogP contribution in [0.25, 0.3) is 0 Å². The molecule has 1 N–H and O–H groups in total. The van der Waals surface area contributed by atoms with E-state index in [1.807, 2.05) is 11.7 Å². The van der Waals surface area contributed by atoms with Crippen LogP contribution in [0.4, 0.5) is 0 Å². The van der Waals surface area contributed by atoms with E-state index in [1.54, 1.807) is 6.33 Å².